The molecule has 1 heterocycles. The van der Waals surface area contributed by atoms with E-state index in [0.717, 1.165) is 19.0 Å². The third kappa shape index (κ3) is 3.36. The maximum atomic E-state index is 4.36. The molecular formula is C15H21N3. The molecule has 0 aliphatic heterocycles. The molecule has 0 radical (unpaired) electrons. The van der Waals surface area contributed by atoms with Gasteiger partial charge in [-0.2, -0.15) is 0 Å². The largest absolute Gasteiger partial charge is 0.356 e. The average molecular weight is 243 g/mol. The number of aromatic nitrogens is 2. The summed E-state index contributed by atoms with van der Waals surface area (Å²) >= 11 is 0. The molecule has 3 heteroatoms. The van der Waals surface area contributed by atoms with Crippen molar-refractivity contribution >= 4 is 5.95 Å². The van der Waals surface area contributed by atoms with Gasteiger partial charge < -0.3 is 9.88 Å². The average Bonchev–Trinajstić information content (AvgIpc) is 2.77. The van der Waals surface area contributed by atoms with Crippen LogP contribution in [0.15, 0.2) is 36.7 Å². The Hall–Kier alpha value is -1.77. The highest BCUT2D eigenvalue weighted by atomic mass is 15.2. The number of nitrogens with one attached hydrogen (secondary N) is 1. The van der Waals surface area contributed by atoms with Gasteiger partial charge in [-0.1, -0.05) is 43.2 Å². The SMILES string of the molecule is CCCCNc1nccn1Cc1cccc(C)c1. The molecule has 0 saturated heterocycles. The second-order valence-corrected chi connectivity index (χ2v) is 4.65. The number of unbranched alkanes of at least 4 members (excludes halogenated alkanes) is 1. The predicted octanol–water partition coefficient (Wildman–Crippen LogP) is 3.45. The molecule has 2 rings (SSSR count). The zero-order valence-corrected chi connectivity index (χ0v) is 11.2. The van der Waals surface area contributed by atoms with E-state index < -0.39 is 0 Å². The highest BCUT2D eigenvalue weighted by Gasteiger charge is 2.02. The maximum absolute atomic E-state index is 4.36. The summed E-state index contributed by atoms with van der Waals surface area (Å²) in [5.74, 6) is 0.963. The summed E-state index contributed by atoms with van der Waals surface area (Å²) < 4.78 is 2.16. The Morgan fingerprint density at radius 3 is 3.00 bits per heavy atom. The van der Waals surface area contributed by atoms with E-state index in [9.17, 15) is 0 Å². The molecule has 0 aliphatic carbocycles. The number of nitrogens with zero attached hydrogens (tertiary/aromatic N) is 2. The van der Waals surface area contributed by atoms with Gasteiger partial charge in [0.2, 0.25) is 5.95 Å². The molecule has 0 spiro atoms. The van der Waals surface area contributed by atoms with E-state index in [0.29, 0.717) is 0 Å². The van der Waals surface area contributed by atoms with Crippen molar-refractivity contribution in [2.24, 2.45) is 0 Å². The highest BCUT2D eigenvalue weighted by Crippen LogP contribution is 2.11. The van der Waals surface area contributed by atoms with Crippen molar-refractivity contribution in [3.05, 3.63) is 47.8 Å². The number of hydrogen-bond donors (Lipinski definition) is 1. The second-order valence-electron chi connectivity index (χ2n) is 4.65. The van der Waals surface area contributed by atoms with E-state index in [1.54, 1.807) is 0 Å². The third-order valence-corrected chi connectivity index (χ3v) is 2.96. The lowest BCUT2D eigenvalue weighted by molar-refractivity contribution is 0.775. The molecule has 1 N–H and O–H groups in total. The Bertz CT molecular complexity index is 488. The van der Waals surface area contributed by atoms with Crippen LogP contribution in [-0.4, -0.2) is 16.1 Å². The van der Waals surface area contributed by atoms with Crippen LogP contribution < -0.4 is 5.32 Å². The van der Waals surface area contributed by atoms with Crippen LogP contribution in [-0.2, 0) is 6.54 Å². The molecule has 18 heavy (non-hydrogen) atoms. The Morgan fingerprint density at radius 1 is 1.33 bits per heavy atom. The van der Waals surface area contributed by atoms with Gasteiger partial charge in [0.1, 0.15) is 0 Å². The number of imidazole rings is 1. The van der Waals surface area contributed by atoms with Crippen molar-refractivity contribution in [2.75, 3.05) is 11.9 Å². The minimum atomic E-state index is 0.871. The van der Waals surface area contributed by atoms with Gasteiger partial charge in [0.25, 0.3) is 0 Å². The number of rotatable bonds is 6. The van der Waals surface area contributed by atoms with Crippen LogP contribution in [0.4, 0.5) is 5.95 Å². The minimum Gasteiger partial charge on any atom is -0.356 e. The minimum absolute atomic E-state index is 0.871. The smallest absolute Gasteiger partial charge is 0.203 e. The first-order valence-electron chi connectivity index (χ1n) is 6.60. The standard InChI is InChI=1S/C15H21N3/c1-3-4-8-16-15-17-9-10-18(15)12-14-7-5-6-13(2)11-14/h5-7,9-11H,3-4,8,12H2,1-2H3,(H,16,17). The molecule has 3 nitrogen and oxygen atoms in total. The van der Waals surface area contributed by atoms with Gasteiger partial charge in [-0.05, 0) is 18.9 Å². The molecule has 0 amide bonds. The molecule has 0 atom stereocenters. The summed E-state index contributed by atoms with van der Waals surface area (Å²) in [4.78, 5) is 4.36. The van der Waals surface area contributed by atoms with Crippen LogP contribution in [0.3, 0.4) is 0 Å². The van der Waals surface area contributed by atoms with Gasteiger partial charge in [0.05, 0.1) is 6.54 Å². The Balaban J connectivity index is 2.03. The molecule has 2 aromatic rings. The molecule has 1 aromatic carbocycles. The van der Waals surface area contributed by atoms with Crippen LogP contribution in [0.25, 0.3) is 0 Å². The van der Waals surface area contributed by atoms with Crippen LogP contribution in [0.2, 0.25) is 0 Å². The van der Waals surface area contributed by atoms with E-state index in [1.807, 2.05) is 12.4 Å². The lowest BCUT2D eigenvalue weighted by Crippen LogP contribution is -2.09. The van der Waals surface area contributed by atoms with Crippen LogP contribution in [0.5, 0.6) is 0 Å². The van der Waals surface area contributed by atoms with E-state index in [2.05, 4.69) is 53.0 Å². The quantitative estimate of drug-likeness (QED) is 0.787. The van der Waals surface area contributed by atoms with Crippen LogP contribution in [0.1, 0.15) is 30.9 Å². The summed E-state index contributed by atoms with van der Waals surface area (Å²) in [5.41, 5.74) is 2.61. The van der Waals surface area contributed by atoms with E-state index in [1.165, 1.54) is 24.0 Å². The van der Waals surface area contributed by atoms with Crippen molar-refractivity contribution < 1.29 is 0 Å². The summed E-state index contributed by atoms with van der Waals surface area (Å²) in [5, 5.41) is 3.38. The number of hydrogen-bond acceptors (Lipinski definition) is 2. The molecule has 0 unspecified atom stereocenters. The van der Waals surface area contributed by atoms with Crippen LogP contribution in [0, 0.1) is 6.92 Å². The number of benzene rings is 1. The van der Waals surface area contributed by atoms with Gasteiger partial charge in [-0.3, -0.25) is 0 Å². The molecule has 0 fully saturated rings. The Kier molecular flexibility index (Phi) is 4.40. The summed E-state index contributed by atoms with van der Waals surface area (Å²) in [6.07, 6.45) is 6.25. The summed E-state index contributed by atoms with van der Waals surface area (Å²) in [6, 6.07) is 8.60. The lowest BCUT2D eigenvalue weighted by Gasteiger charge is -2.10. The first kappa shape index (κ1) is 12.7. The molecule has 0 aliphatic rings. The van der Waals surface area contributed by atoms with Gasteiger partial charge in [0, 0.05) is 18.9 Å². The second kappa shape index (κ2) is 6.24. The monoisotopic (exact) mass is 243 g/mol. The summed E-state index contributed by atoms with van der Waals surface area (Å²) in [6.45, 7) is 6.18. The number of aryl methyl sites for hydroxylation is 1. The zero-order valence-electron chi connectivity index (χ0n) is 11.2. The van der Waals surface area contributed by atoms with Gasteiger partial charge in [-0.25, -0.2) is 4.98 Å². The first-order valence-corrected chi connectivity index (χ1v) is 6.60. The molecular weight excluding hydrogens is 222 g/mol. The molecule has 96 valence electrons. The topological polar surface area (TPSA) is 29.9 Å². The first-order chi connectivity index (χ1) is 8.79. The van der Waals surface area contributed by atoms with E-state index >= 15 is 0 Å². The summed E-state index contributed by atoms with van der Waals surface area (Å²) in [7, 11) is 0. The lowest BCUT2D eigenvalue weighted by atomic mass is 10.1. The van der Waals surface area contributed by atoms with E-state index in [4.69, 9.17) is 0 Å². The van der Waals surface area contributed by atoms with Gasteiger partial charge in [0.15, 0.2) is 0 Å². The normalized spacial score (nSPS) is 10.6. The van der Waals surface area contributed by atoms with Crippen molar-refractivity contribution in [3.8, 4) is 0 Å². The van der Waals surface area contributed by atoms with Crippen molar-refractivity contribution in [3.63, 3.8) is 0 Å². The zero-order chi connectivity index (χ0) is 12.8. The number of anilines is 1. The fourth-order valence-electron chi connectivity index (χ4n) is 1.99. The Labute approximate surface area is 109 Å². The van der Waals surface area contributed by atoms with Crippen molar-refractivity contribution in [1.29, 1.82) is 0 Å². The molecule has 1 aromatic heterocycles. The molecule has 0 bridgehead atoms. The maximum Gasteiger partial charge on any atom is 0.203 e. The van der Waals surface area contributed by atoms with Crippen molar-refractivity contribution in [1.82, 2.24) is 9.55 Å². The predicted molar refractivity (Wildman–Crippen MR) is 75.9 cm³/mol. The van der Waals surface area contributed by atoms with Crippen molar-refractivity contribution in [2.45, 2.75) is 33.2 Å². The molecule has 0 saturated carbocycles. The van der Waals surface area contributed by atoms with Gasteiger partial charge in [-0.15, -0.1) is 0 Å². The van der Waals surface area contributed by atoms with Gasteiger partial charge >= 0.3 is 0 Å². The van der Waals surface area contributed by atoms with E-state index in [-0.39, 0.29) is 0 Å². The Morgan fingerprint density at radius 2 is 2.22 bits per heavy atom. The third-order valence-electron chi connectivity index (χ3n) is 2.96. The highest BCUT2D eigenvalue weighted by molar-refractivity contribution is 5.29. The fraction of sp³-hybridized carbons (Fsp3) is 0.400. The van der Waals surface area contributed by atoms with Crippen LogP contribution >= 0.6 is 0 Å². The fourth-order valence-corrected chi connectivity index (χ4v) is 1.99.